The predicted molar refractivity (Wildman–Crippen MR) is 39.9 cm³/mol. The highest BCUT2D eigenvalue weighted by molar-refractivity contribution is 5.19. The molecule has 3 nitrogen and oxygen atoms in total. The van der Waals surface area contributed by atoms with E-state index in [4.69, 9.17) is 5.26 Å². The third kappa shape index (κ3) is 1.01. The van der Waals surface area contributed by atoms with E-state index in [2.05, 4.69) is 15.6 Å². The summed E-state index contributed by atoms with van der Waals surface area (Å²) in [6.07, 6.45) is 5.30. The Morgan fingerprint density at radius 2 is 2.45 bits per heavy atom. The summed E-state index contributed by atoms with van der Waals surface area (Å²) in [4.78, 5) is 4.17. The Kier molecular flexibility index (Phi) is 1.39. The van der Waals surface area contributed by atoms with Crippen molar-refractivity contribution in [1.29, 1.82) is 5.26 Å². The van der Waals surface area contributed by atoms with Gasteiger partial charge in [0.15, 0.2) is 5.69 Å². The van der Waals surface area contributed by atoms with Gasteiger partial charge in [0.1, 0.15) is 11.9 Å². The maximum absolute atomic E-state index is 8.56. The van der Waals surface area contributed by atoms with Crippen LogP contribution < -0.4 is 0 Å². The van der Waals surface area contributed by atoms with Crippen LogP contribution in [0.15, 0.2) is 6.20 Å². The third-order valence-electron chi connectivity index (χ3n) is 2.02. The molecular formula is C8H9N3. The second-order valence-electron chi connectivity index (χ2n) is 2.80. The summed E-state index contributed by atoms with van der Waals surface area (Å²) in [5.41, 5.74) is 0.557. The second-order valence-corrected chi connectivity index (χ2v) is 2.80. The molecule has 0 N–H and O–H groups in total. The van der Waals surface area contributed by atoms with E-state index in [0.717, 1.165) is 18.8 Å². The molecule has 56 valence electrons. The van der Waals surface area contributed by atoms with Gasteiger partial charge in [0.25, 0.3) is 0 Å². The number of hydrogen-bond acceptors (Lipinski definition) is 2. The maximum Gasteiger partial charge on any atom is 0.158 e. The molecular weight excluding hydrogens is 138 g/mol. The smallest absolute Gasteiger partial charge is 0.158 e. The quantitative estimate of drug-likeness (QED) is 0.551. The highest BCUT2D eigenvalue weighted by Gasteiger charge is 2.10. The zero-order valence-electron chi connectivity index (χ0n) is 6.25. The van der Waals surface area contributed by atoms with E-state index in [-0.39, 0.29) is 0 Å². The number of aromatic nitrogens is 2. The molecule has 0 radical (unpaired) electrons. The third-order valence-corrected chi connectivity index (χ3v) is 2.02. The molecule has 0 saturated carbocycles. The lowest BCUT2D eigenvalue weighted by molar-refractivity contribution is 0.522. The molecule has 0 atom stereocenters. The molecule has 1 aromatic heterocycles. The van der Waals surface area contributed by atoms with Crippen LogP contribution in [0.25, 0.3) is 0 Å². The summed E-state index contributed by atoms with van der Waals surface area (Å²) in [6.45, 7) is 1.03. The lowest BCUT2D eigenvalue weighted by Gasteiger charge is -2.11. The molecule has 1 aliphatic rings. The van der Waals surface area contributed by atoms with Crippen LogP contribution in [0.2, 0.25) is 0 Å². The minimum atomic E-state index is 0.557. The van der Waals surface area contributed by atoms with Gasteiger partial charge in [0.05, 0.1) is 0 Å². The van der Waals surface area contributed by atoms with E-state index in [0.29, 0.717) is 5.69 Å². The van der Waals surface area contributed by atoms with Crippen molar-refractivity contribution >= 4 is 0 Å². The van der Waals surface area contributed by atoms with Gasteiger partial charge in [0, 0.05) is 19.2 Å². The SMILES string of the molecule is N#Cc1cn2c(n1)CCCC2. The van der Waals surface area contributed by atoms with Gasteiger partial charge in [-0.25, -0.2) is 4.98 Å². The van der Waals surface area contributed by atoms with Crippen LogP contribution in [0.1, 0.15) is 24.4 Å². The van der Waals surface area contributed by atoms with Gasteiger partial charge in [-0.05, 0) is 12.8 Å². The van der Waals surface area contributed by atoms with Crippen LogP contribution in [0.4, 0.5) is 0 Å². The van der Waals surface area contributed by atoms with Gasteiger partial charge in [-0.1, -0.05) is 0 Å². The Hall–Kier alpha value is -1.30. The van der Waals surface area contributed by atoms with Crippen molar-refractivity contribution in [2.75, 3.05) is 0 Å². The fourth-order valence-electron chi connectivity index (χ4n) is 1.47. The van der Waals surface area contributed by atoms with Crippen molar-refractivity contribution in [2.45, 2.75) is 25.8 Å². The lowest BCUT2D eigenvalue weighted by Crippen LogP contribution is -2.08. The van der Waals surface area contributed by atoms with Crippen LogP contribution in [0, 0.1) is 11.3 Å². The summed E-state index contributed by atoms with van der Waals surface area (Å²) >= 11 is 0. The van der Waals surface area contributed by atoms with E-state index in [1.54, 1.807) is 0 Å². The van der Waals surface area contributed by atoms with Gasteiger partial charge in [0.2, 0.25) is 0 Å². The molecule has 0 saturated heterocycles. The largest absolute Gasteiger partial charge is 0.334 e. The van der Waals surface area contributed by atoms with Crippen molar-refractivity contribution in [2.24, 2.45) is 0 Å². The molecule has 0 fully saturated rings. The summed E-state index contributed by atoms with van der Waals surface area (Å²) in [6, 6.07) is 2.05. The summed E-state index contributed by atoms with van der Waals surface area (Å²) in [5.74, 6) is 1.08. The van der Waals surface area contributed by atoms with Crippen molar-refractivity contribution in [3.8, 4) is 6.07 Å². The first kappa shape index (κ1) is 6.41. The minimum Gasteiger partial charge on any atom is -0.334 e. The Bertz CT molecular complexity index is 282. The Labute approximate surface area is 65.3 Å². The number of rotatable bonds is 0. The normalized spacial score (nSPS) is 15.5. The number of nitrogens with zero attached hydrogens (tertiary/aromatic N) is 3. The number of fused-ring (bicyclic) bond motifs is 1. The molecule has 2 rings (SSSR count). The molecule has 1 aromatic rings. The van der Waals surface area contributed by atoms with Crippen LogP contribution in [0.3, 0.4) is 0 Å². The first-order valence-electron chi connectivity index (χ1n) is 3.86. The van der Waals surface area contributed by atoms with Crippen molar-refractivity contribution in [1.82, 2.24) is 9.55 Å². The molecule has 11 heavy (non-hydrogen) atoms. The van der Waals surface area contributed by atoms with Gasteiger partial charge >= 0.3 is 0 Å². The van der Waals surface area contributed by atoms with Crippen LogP contribution >= 0.6 is 0 Å². The summed E-state index contributed by atoms with van der Waals surface area (Å²) in [7, 11) is 0. The number of imidazole rings is 1. The van der Waals surface area contributed by atoms with Crippen molar-refractivity contribution in [3.63, 3.8) is 0 Å². The molecule has 2 heterocycles. The number of hydrogen-bond donors (Lipinski definition) is 0. The average molecular weight is 147 g/mol. The van der Waals surface area contributed by atoms with Gasteiger partial charge < -0.3 is 4.57 Å². The molecule has 0 amide bonds. The predicted octanol–water partition coefficient (Wildman–Crippen LogP) is 1.09. The fourth-order valence-corrected chi connectivity index (χ4v) is 1.47. The molecule has 0 aromatic carbocycles. The number of nitriles is 1. The van der Waals surface area contributed by atoms with E-state index < -0.39 is 0 Å². The zero-order chi connectivity index (χ0) is 7.68. The molecule has 0 spiro atoms. The van der Waals surface area contributed by atoms with Crippen LogP contribution in [0.5, 0.6) is 0 Å². The van der Waals surface area contributed by atoms with Gasteiger partial charge in [-0.15, -0.1) is 0 Å². The summed E-state index contributed by atoms with van der Waals surface area (Å²) < 4.78 is 2.09. The fraction of sp³-hybridized carbons (Fsp3) is 0.500. The van der Waals surface area contributed by atoms with E-state index >= 15 is 0 Å². The standard InChI is InChI=1S/C8H9N3/c9-5-7-6-11-4-2-1-3-8(11)10-7/h6H,1-4H2. The van der Waals surface area contributed by atoms with E-state index in [1.165, 1.54) is 12.8 Å². The molecule has 0 bridgehead atoms. The Balaban J connectivity index is 2.42. The molecule has 0 unspecified atom stereocenters. The minimum absolute atomic E-state index is 0.557. The van der Waals surface area contributed by atoms with Gasteiger partial charge in [-0.2, -0.15) is 5.26 Å². The highest BCUT2D eigenvalue weighted by Crippen LogP contribution is 2.13. The molecule has 3 heteroatoms. The first-order chi connectivity index (χ1) is 5.40. The molecule has 1 aliphatic heterocycles. The second kappa shape index (κ2) is 2.39. The molecule has 0 aliphatic carbocycles. The van der Waals surface area contributed by atoms with Crippen LogP contribution in [-0.2, 0) is 13.0 Å². The Morgan fingerprint density at radius 1 is 1.55 bits per heavy atom. The van der Waals surface area contributed by atoms with Crippen molar-refractivity contribution < 1.29 is 0 Å². The van der Waals surface area contributed by atoms with Crippen molar-refractivity contribution in [3.05, 3.63) is 17.7 Å². The van der Waals surface area contributed by atoms with Gasteiger partial charge in [-0.3, -0.25) is 0 Å². The summed E-state index contributed by atoms with van der Waals surface area (Å²) in [5, 5.41) is 8.56. The highest BCUT2D eigenvalue weighted by atomic mass is 15.1. The average Bonchev–Trinajstić information content (AvgIpc) is 2.46. The topological polar surface area (TPSA) is 41.6 Å². The Morgan fingerprint density at radius 3 is 3.18 bits per heavy atom. The van der Waals surface area contributed by atoms with Crippen LogP contribution in [-0.4, -0.2) is 9.55 Å². The monoisotopic (exact) mass is 147 g/mol. The first-order valence-corrected chi connectivity index (χ1v) is 3.86. The van der Waals surface area contributed by atoms with E-state index in [9.17, 15) is 0 Å². The van der Waals surface area contributed by atoms with E-state index in [1.807, 2.05) is 6.20 Å². The number of aryl methyl sites for hydroxylation is 2. The lowest BCUT2D eigenvalue weighted by atomic mass is 10.2. The maximum atomic E-state index is 8.56. The zero-order valence-corrected chi connectivity index (χ0v) is 6.25.